The average molecular weight is 338 g/mol. The molecule has 1 aromatic heterocycles. The minimum absolute atomic E-state index is 0.482. The van der Waals surface area contributed by atoms with Gasteiger partial charge in [0.05, 0.1) is 12.0 Å². The van der Waals surface area contributed by atoms with E-state index in [0.717, 1.165) is 13.1 Å². The van der Waals surface area contributed by atoms with Gasteiger partial charge in [-0.25, -0.2) is 4.98 Å². The van der Waals surface area contributed by atoms with Crippen LogP contribution in [0.25, 0.3) is 0 Å². The molecule has 0 amide bonds. The van der Waals surface area contributed by atoms with Gasteiger partial charge in [-0.1, -0.05) is 30.3 Å². The first-order valence-electron chi connectivity index (χ1n) is 9.70. The van der Waals surface area contributed by atoms with Gasteiger partial charge in [0.15, 0.2) is 0 Å². The molecular weight excluding hydrogens is 308 g/mol. The first-order valence-corrected chi connectivity index (χ1v) is 9.70. The fourth-order valence-corrected chi connectivity index (χ4v) is 4.82. The number of aromatic nitrogens is 2. The maximum absolute atomic E-state index is 4.51. The lowest BCUT2D eigenvalue weighted by molar-refractivity contribution is 0.00733. The molecule has 2 saturated heterocycles. The Kier molecular flexibility index (Phi) is 4.91. The SMILES string of the molecule is Cc1[nH]cnc1CN1CCCC2(CCCN(Cc3ccccc3)C2)C1. The van der Waals surface area contributed by atoms with Crippen LogP contribution in [-0.4, -0.2) is 45.9 Å². The zero-order valence-electron chi connectivity index (χ0n) is 15.4. The van der Waals surface area contributed by atoms with Gasteiger partial charge in [-0.05, 0) is 56.7 Å². The van der Waals surface area contributed by atoms with Gasteiger partial charge >= 0.3 is 0 Å². The minimum atomic E-state index is 0.482. The van der Waals surface area contributed by atoms with Gasteiger partial charge in [0.2, 0.25) is 0 Å². The van der Waals surface area contributed by atoms with Gasteiger partial charge < -0.3 is 4.98 Å². The van der Waals surface area contributed by atoms with Gasteiger partial charge in [0, 0.05) is 31.9 Å². The normalized spacial score (nSPS) is 25.5. The second-order valence-corrected chi connectivity index (χ2v) is 8.09. The number of H-pyrrole nitrogens is 1. The molecule has 0 aliphatic carbocycles. The van der Waals surface area contributed by atoms with Crippen molar-refractivity contribution in [1.82, 2.24) is 19.8 Å². The molecule has 4 rings (SSSR count). The molecule has 1 N–H and O–H groups in total. The number of piperidine rings is 2. The fraction of sp³-hybridized carbons (Fsp3) is 0.571. The lowest BCUT2D eigenvalue weighted by Gasteiger charge is -2.48. The van der Waals surface area contributed by atoms with Crippen molar-refractivity contribution in [2.75, 3.05) is 26.2 Å². The van der Waals surface area contributed by atoms with E-state index in [-0.39, 0.29) is 0 Å². The van der Waals surface area contributed by atoms with Crippen molar-refractivity contribution in [3.8, 4) is 0 Å². The number of imidazole rings is 1. The molecule has 3 heterocycles. The summed E-state index contributed by atoms with van der Waals surface area (Å²) in [4.78, 5) is 13.0. The zero-order chi connectivity index (χ0) is 17.1. The molecule has 1 atom stereocenters. The highest BCUT2D eigenvalue weighted by Crippen LogP contribution is 2.39. The third-order valence-corrected chi connectivity index (χ3v) is 6.04. The van der Waals surface area contributed by atoms with E-state index in [1.165, 1.54) is 68.8 Å². The van der Waals surface area contributed by atoms with Gasteiger partial charge in [-0.15, -0.1) is 0 Å². The lowest BCUT2D eigenvalue weighted by Crippen LogP contribution is -2.51. The monoisotopic (exact) mass is 338 g/mol. The molecule has 1 aromatic carbocycles. The number of aryl methyl sites for hydroxylation is 1. The van der Waals surface area contributed by atoms with Gasteiger partial charge in [0.25, 0.3) is 0 Å². The molecule has 2 aromatic rings. The Hall–Kier alpha value is -1.65. The maximum atomic E-state index is 4.51. The van der Waals surface area contributed by atoms with E-state index in [0.29, 0.717) is 5.41 Å². The summed E-state index contributed by atoms with van der Waals surface area (Å²) in [5.41, 5.74) is 4.36. The van der Waals surface area contributed by atoms with Crippen molar-refractivity contribution in [2.45, 2.75) is 45.7 Å². The number of hydrogen-bond acceptors (Lipinski definition) is 3. The maximum Gasteiger partial charge on any atom is 0.0925 e. The molecule has 0 bridgehead atoms. The van der Waals surface area contributed by atoms with Crippen molar-refractivity contribution in [3.63, 3.8) is 0 Å². The van der Waals surface area contributed by atoms with E-state index in [4.69, 9.17) is 0 Å². The molecule has 0 saturated carbocycles. The number of benzene rings is 1. The Morgan fingerprint density at radius 3 is 2.32 bits per heavy atom. The van der Waals surface area contributed by atoms with Crippen LogP contribution in [0.15, 0.2) is 36.7 Å². The summed E-state index contributed by atoms with van der Waals surface area (Å²) in [5, 5.41) is 0. The topological polar surface area (TPSA) is 35.2 Å². The average Bonchev–Trinajstić information content (AvgIpc) is 3.01. The van der Waals surface area contributed by atoms with Gasteiger partial charge in [-0.2, -0.15) is 0 Å². The van der Waals surface area contributed by atoms with Crippen LogP contribution in [0.5, 0.6) is 0 Å². The van der Waals surface area contributed by atoms with Crippen molar-refractivity contribution >= 4 is 0 Å². The lowest BCUT2D eigenvalue weighted by atomic mass is 9.73. The predicted molar refractivity (Wildman–Crippen MR) is 101 cm³/mol. The number of likely N-dealkylation sites (tertiary alicyclic amines) is 2. The Morgan fingerprint density at radius 2 is 1.68 bits per heavy atom. The van der Waals surface area contributed by atoms with Crippen LogP contribution in [0.4, 0.5) is 0 Å². The number of nitrogens with zero attached hydrogens (tertiary/aromatic N) is 3. The Bertz CT molecular complexity index is 676. The summed E-state index contributed by atoms with van der Waals surface area (Å²) in [7, 11) is 0. The van der Waals surface area contributed by atoms with Crippen molar-refractivity contribution in [2.24, 2.45) is 5.41 Å². The minimum Gasteiger partial charge on any atom is -0.348 e. The Labute approximate surface area is 151 Å². The van der Waals surface area contributed by atoms with Crippen molar-refractivity contribution in [1.29, 1.82) is 0 Å². The molecule has 25 heavy (non-hydrogen) atoms. The van der Waals surface area contributed by atoms with Crippen LogP contribution in [0.1, 0.15) is 42.6 Å². The second-order valence-electron chi connectivity index (χ2n) is 8.09. The van der Waals surface area contributed by atoms with E-state index in [9.17, 15) is 0 Å². The molecule has 4 heteroatoms. The number of rotatable bonds is 4. The molecule has 134 valence electrons. The standard InChI is InChI=1S/C21H30N4/c1-18-20(23-17-22-18)14-25-12-6-10-21(16-25)9-5-11-24(15-21)13-19-7-3-2-4-8-19/h2-4,7-8,17H,5-6,9-16H2,1H3,(H,22,23). The summed E-state index contributed by atoms with van der Waals surface area (Å²) in [6.45, 7) is 9.16. The van der Waals surface area contributed by atoms with Gasteiger partial charge in [0.1, 0.15) is 0 Å². The largest absolute Gasteiger partial charge is 0.348 e. The molecule has 4 nitrogen and oxygen atoms in total. The van der Waals surface area contributed by atoms with E-state index in [1.807, 2.05) is 6.33 Å². The van der Waals surface area contributed by atoms with E-state index >= 15 is 0 Å². The predicted octanol–water partition coefficient (Wildman–Crippen LogP) is 3.60. The molecule has 2 fully saturated rings. The third kappa shape index (κ3) is 3.96. The molecule has 2 aliphatic rings. The van der Waals surface area contributed by atoms with Crippen LogP contribution in [0, 0.1) is 12.3 Å². The van der Waals surface area contributed by atoms with Crippen LogP contribution in [0.2, 0.25) is 0 Å². The Morgan fingerprint density at radius 1 is 1.00 bits per heavy atom. The summed E-state index contributed by atoms with van der Waals surface area (Å²) >= 11 is 0. The molecule has 1 unspecified atom stereocenters. The highest BCUT2D eigenvalue weighted by molar-refractivity contribution is 5.15. The number of nitrogens with one attached hydrogen (secondary N) is 1. The quantitative estimate of drug-likeness (QED) is 0.925. The summed E-state index contributed by atoms with van der Waals surface area (Å²) < 4.78 is 0. The fourth-order valence-electron chi connectivity index (χ4n) is 4.82. The summed E-state index contributed by atoms with van der Waals surface area (Å²) in [6.07, 6.45) is 7.25. The molecule has 1 spiro atoms. The highest BCUT2D eigenvalue weighted by atomic mass is 15.2. The van der Waals surface area contributed by atoms with Crippen molar-refractivity contribution in [3.05, 3.63) is 53.6 Å². The van der Waals surface area contributed by atoms with E-state index < -0.39 is 0 Å². The number of hydrogen-bond donors (Lipinski definition) is 1. The van der Waals surface area contributed by atoms with Crippen LogP contribution in [0.3, 0.4) is 0 Å². The van der Waals surface area contributed by atoms with Crippen molar-refractivity contribution < 1.29 is 0 Å². The van der Waals surface area contributed by atoms with E-state index in [1.54, 1.807) is 0 Å². The molecule has 0 radical (unpaired) electrons. The highest BCUT2D eigenvalue weighted by Gasteiger charge is 2.39. The van der Waals surface area contributed by atoms with Crippen LogP contribution < -0.4 is 0 Å². The third-order valence-electron chi connectivity index (χ3n) is 6.04. The van der Waals surface area contributed by atoms with E-state index in [2.05, 4.69) is 57.0 Å². The Balaban J connectivity index is 1.40. The second kappa shape index (κ2) is 7.30. The first kappa shape index (κ1) is 16.8. The summed E-state index contributed by atoms with van der Waals surface area (Å²) in [6, 6.07) is 10.9. The summed E-state index contributed by atoms with van der Waals surface area (Å²) in [5.74, 6) is 0. The van der Waals surface area contributed by atoms with Crippen LogP contribution in [-0.2, 0) is 13.1 Å². The zero-order valence-corrected chi connectivity index (χ0v) is 15.4. The smallest absolute Gasteiger partial charge is 0.0925 e. The molecule has 2 aliphatic heterocycles. The van der Waals surface area contributed by atoms with Gasteiger partial charge in [-0.3, -0.25) is 9.80 Å². The van der Waals surface area contributed by atoms with Crippen LogP contribution >= 0.6 is 0 Å². The molecular formula is C21H30N4. The number of aromatic amines is 1. The first-order chi connectivity index (χ1) is 12.2.